The van der Waals surface area contributed by atoms with Crippen LogP contribution in [0.25, 0.3) is 0 Å². The van der Waals surface area contributed by atoms with Crippen LogP contribution in [0, 0.1) is 0 Å². The first-order valence-corrected chi connectivity index (χ1v) is 6.01. The van der Waals surface area contributed by atoms with Crippen LogP contribution in [0.15, 0.2) is 0 Å². The third-order valence-corrected chi connectivity index (χ3v) is 3.12. The standard InChI is InChI=1S/C8H14O6S/c1-13-5-7(9)6-15(11,12)4-3-8(10)14-2/h3-6H2,1-2H3. The number of esters is 1. The number of carbonyl (C=O) groups is 2. The second kappa shape index (κ2) is 6.52. The SMILES string of the molecule is COCC(=O)CS(=O)(=O)CCC(=O)OC. The van der Waals surface area contributed by atoms with E-state index in [2.05, 4.69) is 9.47 Å². The Morgan fingerprint density at radius 1 is 1.20 bits per heavy atom. The molecule has 0 bridgehead atoms. The third-order valence-electron chi connectivity index (χ3n) is 1.53. The van der Waals surface area contributed by atoms with Gasteiger partial charge in [0.1, 0.15) is 12.4 Å². The van der Waals surface area contributed by atoms with Crippen molar-refractivity contribution in [2.75, 3.05) is 32.3 Å². The quantitative estimate of drug-likeness (QED) is 0.538. The molecule has 0 unspecified atom stereocenters. The van der Waals surface area contributed by atoms with E-state index in [0.717, 1.165) is 0 Å². The Kier molecular flexibility index (Phi) is 6.11. The van der Waals surface area contributed by atoms with E-state index in [1.165, 1.54) is 14.2 Å². The van der Waals surface area contributed by atoms with Crippen LogP contribution in [0.3, 0.4) is 0 Å². The lowest BCUT2D eigenvalue weighted by Crippen LogP contribution is -2.23. The van der Waals surface area contributed by atoms with Gasteiger partial charge in [0, 0.05) is 7.11 Å². The van der Waals surface area contributed by atoms with Crippen molar-refractivity contribution in [2.45, 2.75) is 6.42 Å². The molecular weight excluding hydrogens is 224 g/mol. The summed E-state index contributed by atoms with van der Waals surface area (Å²) in [5.41, 5.74) is 0. The van der Waals surface area contributed by atoms with Gasteiger partial charge in [-0.15, -0.1) is 0 Å². The lowest BCUT2D eigenvalue weighted by Gasteiger charge is -2.02. The smallest absolute Gasteiger partial charge is 0.306 e. The molecule has 0 amide bonds. The van der Waals surface area contributed by atoms with Gasteiger partial charge < -0.3 is 9.47 Å². The number of Topliss-reactive ketones (excluding diaryl/α,β-unsaturated/α-hetero) is 1. The van der Waals surface area contributed by atoms with Gasteiger partial charge >= 0.3 is 5.97 Å². The highest BCUT2D eigenvalue weighted by Crippen LogP contribution is 1.96. The van der Waals surface area contributed by atoms with Crippen molar-refractivity contribution >= 4 is 21.6 Å². The Morgan fingerprint density at radius 3 is 2.27 bits per heavy atom. The molecule has 0 spiro atoms. The molecule has 0 aromatic rings. The average molecular weight is 238 g/mol. The van der Waals surface area contributed by atoms with Crippen molar-refractivity contribution in [1.29, 1.82) is 0 Å². The number of ether oxygens (including phenoxy) is 2. The van der Waals surface area contributed by atoms with Crippen LogP contribution < -0.4 is 0 Å². The molecule has 0 aromatic carbocycles. The molecule has 0 saturated heterocycles. The van der Waals surface area contributed by atoms with E-state index in [-0.39, 0.29) is 18.8 Å². The Balaban J connectivity index is 4.08. The first kappa shape index (κ1) is 14.1. The van der Waals surface area contributed by atoms with Crippen molar-refractivity contribution in [3.05, 3.63) is 0 Å². The molecule has 0 aliphatic rings. The van der Waals surface area contributed by atoms with Crippen LogP contribution in [0.1, 0.15) is 6.42 Å². The van der Waals surface area contributed by atoms with E-state index < -0.39 is 27.3 Å². The topological polar surface area (TPSA) is 86.7 Å². The zero-order chi connectivity index (χ0) is 11.9. The van der Waals surface area contributed by atoms with Gasteiger partial charge in [0.2, 0.25) is 0 Å². The molecule has 0 rings (SSSR count). The molecule has 0 saturated carbocycles. The van der Waals surface area contributed by atoms with E-state index in [0.29, 0.717) is 0 Å². The minimum absolute atomic E-state index is 0.237. The Morgan fingerprint density at radius 2 is 1.80 bits per heavy atom. The van der Waals surface area contributed by atoms with Crippen molar-refractivity contribution in [3.8, 4) is 0 Å². The predicted molar refractivity (Wildman–Crippen MR) is 52.2 cm³/mol. The van der Waals surface area contributed by atoms with Crippen molar-refractivity contribution in [2.24, 2.45) is 0 Å². The summed E-state index contributed by atoms with van der Waals surface area (Å²) in [5.74, 6) is -2.12. The fourth-order valence-electron chi connectivity index (χ4n) is 0.861. The predicted octanol–water partition coefficient (Wildman–Crippen LogP) is -0.820. The summed E-state index contributed by atoms with van der Waals surface area (Å²) in [6.07, 6.45) is -0.237. The zero-order valence-corrected chi connectivity index (χ0v) is 9.50. The Bertz CT molecular complexity index is 318. The molecule has 88 valence electrons. The molecule has 15 heavy (non-hydrogen) atoms. The zero-order valence-electron chi connectivity index (χ0n) is 8.69. The summed E-state index contributed by atoms with van der Waals surface area (Å²) in [6.45, 7) is -0.239. The van der Waals surface area contributed by atoms with Crippen LogP contribution >= 0.6 is 0 Å². The van der Waals surface area contributed by atoms with Crippen LogP contribution in [0.5, 0.6) is 0 Å². The molecule has 0 N–H and O–H groups in total. The molecule has 0 atom stereocenters. The second-order valence-corrected chi connectivity index (χ2v) is 5.07. The number of carbonyl (C=O) groups excluding carboxylic acids is 2. The molecule has 0 aliphatic carbocycles. The summed E-state index contributed by atoms with van der Waals surface area (Å²) in [6, 6.07) is 0. The van der Waals surface area contributed by atoms with Gasteiger partial charge in [-0.25, -0.2) is 8.42 Å². The summed E-state index contributed by atoms with van der Waals surface area (Å²) >= 11 is 0. The van der Waals surface area contributed by atoms with Gasteiger partial charge in [-0.1, -0.05) is 0 Å². The normalized spacial score (nSPS) is 11.1. The fraction of sp³-hybridized carbons (Fsp3) is 0.750. The molecule has 0 aliphatic heterocycles. The number of methoxy groups -OCH3 is 2. The molecular formula is C8H14O6S. The van der Waals surface area contributed by atoms with Gasteiger partial charge in [0.25, 0.3) is 0 Å². The van der Waals surface area contributed by atoms with Crippen molar-refractivity contribution < 1.29 is 27.5 Å². The maximum atomic E-state index is 11.3. The van der Waals surface area contributed by atoms with Crippen molar-refractivity contribution in [1.82, 2.24) is 0 Å². The van der Waals surface area contributed by atoms with E-state index in [4.69, 9.17) is 0 Å². The minimum Gasteiger partial charge on any atom is -0.469 e. The van der Waals surface area contributed by atoms with Crippen LogP contribution in [0.2, 0.25) is 0 Å². The molecule has 6 nitrogen and oxygen atoms in total. The maximum Gasteiger partial charge on any atom is 0.306 e. The van der Waals surface area contributed by atoms with Gasteiger partial charge in [-0.3, -0.25) is 9.59 Å². The van der Waals surface area contributed by atoms with E-state index >= 15 is 0 Å². The highest BCUT2D eigenvalue weighted by atomic mass is 32.2. The largest absolute Gasteiger partial charge is 0.469 e. The summed E-state index contributed by atoms with van der Waals surface area (Å²) in [7, 11) is -1.06. The van der Waals surface area contributed by atoms with Gasteiger partial charge in [-0.2, -0.15) is 0 Å². The fourth-order valence-corrected chi connectivity index (χ4v) is 2.06. The monoisotopic (exact) mass is 238 g/mol. The average Bonchev–Trinajstić information content (AvgIpc) is 2.13. The van der Waals surface area contributed by atoms with Crippen LogP contribution in [-0.2, 0) is 28.9 Å². The molecule has 0 radical (unpaired) electrons. The number of hydrogen-bond acceptors (Lipinski definition) is 6. The summed E-state index contributed by atoms with van der Waals surface area (Å²) in [5, 5.41) is 0. The van der Waals surface area contributed by atoms with Crippen LogP contribution in [-0.4, -0.2) is 52.5 Å². The molecule has 0 heterocycles. The minimum atomic E-state index is -3.54. The number of hydrogen-bond donors (Lipinski definition) is 0. The highest BCUT2D eigenvalue weighted by molar-refractivity contribution is 7.92. The van der Waals surface area contributed by atoms with E-state index in [9.17, 15) is 18.0 Å². The van der Waals surface area contributed by atoms with Crippen molar-refractivity contribution in [3.63, 3.8) is 0 Å². The molecule has 0 fully saturated rings. The maximum absolute atomic E-state index is 11.3. The first-order chi connectivity index (χ1) is 6.91. The second-order valence-electron chi connectivity index (χ2n) is 2.89. The third kappa shape index (κ3) is 7.03. The Hall–Kier alpha value is -0.950. The Labute approximate surface area is 88.5 Å². The lowest BCUT2D eigenvalue weighted by molar-refractivity contribution is -0.140. The highest BCUT2D eigenvalue weighted by Gasteiger charge is 2.18. The van der Waals surface area contributed by atoms with Crippen LogP contribution in [0.4, 0.5) is 0 Å². The molecule has 7 heteroatoms. The number of sulfone groups is 1. The number of rotatable bonds is 7. The van der Waals surface area contributed by atoms with Gasteiger partial charge in [-0.05, 0) is 0 Å². The summed E-state index contributed by atoms with van der Waals surface area (Å²) in [4.78, 5) is 21.6. The number of ketones is 1. The summed E-state index contributed by atoms with van der Waals surface area (Å²) < 4.78 is 31.3. The molecule has 0 aromatic heterocycles. The van der Waals surface area contributed by atoms with E-state index in [1.54, 1.807) is 0 Å². The van der Waals surface area contributed by atoms with Gasteiger partial charge in [0.15, 0.2) is 15.6 Å². The lowest BCUT2D eigenvalue weighted by atomic mass is 10.5. The van der Waals surface area contributed by atoms with Gasteiger partial charge in [0.05, 0.1) is 19.3 Å². The van der Waals surface area contributed by atoms with E-state index in [1.807, 2.05) is 0 Å². The first-order valence-electron chi connectivity index (χ1n) is 4.19.